The Bertz CT molecular complexity index is 1260. The number of ether oxygens (including phenoxy) is 2. The first-order valence-electron chi connectivity index (χ1n) is 9.20. The first-order valence-corrected chi connectivity index (χ1v) is 11.1. The van der Waals surface area contributed by atoms with Crippen LogP contribution in [0.25, 0.3) is 0 Å². The second kappa shape index (κ2) is 9.43. The van der Waals surface area contributed by atoms with E-state index in [2.05, 4.69) is 10.3 Å². The lowest BCUT2D eigenvalue weighted by Gasteiger charge is -2.09. The number of rotatable bonds is 8. The van der Waals surface area contributed by atoms with Gasteiger partial charge in [-0.15, -0.1) is 0 Å². The summed E-state index contributed by atoms with van der Waals surface area (Å²) in [6, 6.07) is 13.4. The van der Waals surface area contributed by atoms with E-state index >= 15 is 0 Å². The number of non-ortho nitro benzene ring substituents is 1. The molecule has 0 saturated heterocycles. The van der Waals surface area contributed by atoms with Gasteiger partial charge in [-0.25, -0.2) is 13.4 Å². The van der Waals surface area contributed by atoms with Crippen LogP contribution in [-0.4, -0.2) is 37.6 Å². The topological polar surface area (TPSA) is 138 Å². The second-order valence-corrected chi connectivity index (χ2v) is 8.73. The summed E-state index contributed by atoms with van der Waals surface area (Å²) >= 11 is 0. The highest BCUT2D eigenvalue weighted by molar-refractivity contribution is 7.90. The van der Waals surface area contributed by atoms with Gasteiger partial charge in [0.25, 0.3) is 11.6 Å². The molecule has 166 valence electrons. The third-order valence-corrected chi connectivity index (χ3v) is 5.40. The van der Waals surface area contributed by atoms with Crippen molar-refractivity contribution < 1.29 is 27.6 Å². The quantitative estimate of drug-likeness (QED) is 0.402. The summed E-state index contributed by atoms with van der Waals surface area (Å²) in [5, 5.41) is 13.7. The van der Waals surface area contributed by atoms with E-state index < -0.39 is 26.4 Å². The number of methoxy groups -OCH3 is 1. The highest BCUT2D eigenvalue weighted by Gasteiger charge is 2.19. The first kappa shape index (κ1) is 22.7. The van der Waals surface area contributed by atoms with Gasteiger partial charge in [-0.2, -0.15) is 0 Å². The number of sulfone groups is 1. The van der Waals surface area contributed by atoms with Crippen molar-refractivity contribution in [2.45, 2.75) is 11.4 Å². The molecular formula is C21H19N3O7S. The summed E-state index contributed by atoms with van der Waals surface area (Å²) in [4.78, 5) is 26.7. The van der Waals surface area contributed by atoms with Crippen molar-refractivity contribution in [3.05, 3.63) is 82.0 Å². The van der Waals surface area contributed by atoms with Gasteiger partial charge in [0.1, 0.15) is 11.5 Å². The second-order valence-electron chi connectivity index (χ2n) is 6.71. The summed E-state index contributed by atoms with van der Waals surface area (Å²) in [6.07, 6.45) is 2.42. The van der Waals surface area contributed by atoms with Crippen molar-refractivity contribution in [2.24, 2.45) is 0 Å². The van der Waals surface area contributed by atoms with Crippen LogP contribution >= 0.6 is 0 Å². The molecule has 0 atom stereocenters. The van der Waals surface area contributed by atoms with Crippen molar-refractivity contribution in [1.82, 2.24) is 10.3 Å². The molecule has 0 unspecified atom stereocenters. The molecule has 2 aromatic carbocycles. The number of benzene rings is 2. The number of hydrogen-bond donors (Lipinski definition) is 1. The van der Waals surface area contributed by atoms with Gasteiger partial charge in [0.05, 0.1) is 16.9 Å². The highest BCUT2D eigenvalue weighted by atomic mass is 32.2. The van der Waals surface area contributed by atoms with E-state index in [1.807, 2.05) is 0 Å². The molecule has 1 N–H and O–H groups in total. The lowest BCUT2D eigenvalue weighted by atomic mass is 10.2. The molecule has 0 aliphatic carbocycles. The van der Waals surface area contributed by atoms with Gasteiger partial charge in [0.15, 0.2) is 9.84 Å². The fourth-order valence-electron chi connectivity index (χ4n) is 2.68. The molecule has 0 radical (unpaired) electrons. The number of pyridine rings is 1. The Morgan fingerprint density at radius 2 is 1.88 bits per heavy atom. The molecule has 0 saturated carbocycles. The number of hydrogen-bond acceptors (Lipinski definition) is 8. The van der Waals surface area contributed by atoms with Crippen molar-refractivity contribution in [2.75, 3.05) is 13.4 Å². The smallest absolute Gasteiger partial charge is 0.271 e. The number of nitro groups is 1. The van der Waals surface area contributed by atoms with Gasteiger partial charge < -0.3 is 14.8 Å². The SMILES string of the molecule is COc1cccc(Oc2ccc(CNC(=O)c3cc([N+](=O)[O-])cc(S(C)(=O)=O)c3)cn2)c1. The molecule has 32 heavy (non-hydrogen) atoms. The molecule has 3 aromatic rings. The van der Waals surface area contributed by atoms with Crippen LogP contribution in [-0.2, 0) is 16.4 Å². The number of aromatic nitrogens is 1. The van der Waals surface area contributed by atoms with Crippen LogP contribution in [0.15, 0.2) is 65.7 Å². The summed E-state index contributed by atoms with van der Waals surface area (Å²) in [7, 11) is -2.18. The maximum atomic E-state index is 12.5. The molecule has 3 rings (SSSR count). The highest BCUT2D eigenvalue weighted by Crippen LogP contribution is 2.24. The Hall–Kier alpha value is -3.99. The molecule has 11 heteroatoms. The molecule has 0 spiro atoms. The standard InChI is InChI=1S/C21H19N3O7S/c1-30-17-4-3-5-18(11-17)31-20-7-6-14(12-22-20)13-23-21(25)15-8-16(24(26)27)10-19(9-15)32(2,28)29/h3-12H,13H2,1-2H3,(H,23,25). The molecular weight excluding hydrogens is 438 g/mol. The zero-order valence-corrected chi connectivity index (χ0v) is 18.0. The van der Waals surface area contributed by atoms with Crippen LogP contribution in [0.2, 0.25) is 0 Å². The molecule has 0 fully saturated rings. The molecule has 0 aliphatic rings. The van der Waals surface area contributed by atoms with Gasteiger partial charge in [0.2, 0.25) is 5.88 Å². The number of nitrogens with zero attached hydrogens (tertiary/aromatic N) is 2. The molecule has 10 nitrogen and oxygen atoms in total. The molecule has 1 aromatic heterocycles. The fraction of sp³-hybridized carbons (Fsp3) is 0.143. The van der Waals surface area contributed by atoms with Crippen molar-refractivity contribution >= 4 is 21.4 Å². The zero-order valence-electron chi connectivity index (χ0n) is 17.1. The van der Waals surface area contributed by atoms with Gasteiger partial charge in [0, 0.05) is 48.8 Å². The van der Waals surface area contributed by atoms with Crippen molar-refractivity contribution in [3.8, 4) is 17.4 Å². The largest absolute Gasteiger partial charge is 0.497 e. The number of nitro benzene ring substituents is 1. The van der Waals surface area contributed by atoms with Crippen LogP contribution < -0.4 is 14.8 Å². The lowest BCUT2D eigenvalue weighted by molar-refractivity contribution is -0.385. The molecule has 1 amide bonds. The maximum absolute atomic E-state index is 12.5. The summed E-state index contributed by atoms with van der Waals surface area (Å²) in [5.41, 5.74) is 0.0226. The number of nitrogens with one attached hydrogen (secondary N) is 1. The fourth-order valence-corrected chi connectivity index (χ4v) is 3.36. The van der Waals surface area contributed by atoms with Crippen LogP contribution in [0.3, 0.4) is 0 Å². The Kier molecular flexibility index (Phi) is 6.69. The van der Waals surface area contributed by atoms with Gasteiger partial charge in [-0.1, -0.05) is 12.1 Å². The minimum absolute atomic E-state index is 0.0716. The van der Waals surface area contributed by atoms with E-state index in [0.717, 1.165) is 24.5 Å². The van der Waals surface area contributed by atoms with E-state index in [1.165, 1.54) is 6.20 Å². The average Bonchev–Trinajstić information content (AvgIpc) is 2.77. The van der Waals surface area contributed by atoms with Crippen LogP contribution in [0.4, 0.5) is 5.69 Å². The number of carbonyl (C=O) groups is 1. The molecule has 0 aliphatic heterocycles. The minimum atomic E-state index is -3.73. The van der Waals surface area contributed by atoms with Crippen LogP contribution in [0, 0.1) is 10.1 Å². The van der Waals surface area contributed by atoms with E-state index in [1.54, 1.807) is 43.5 Å². The van der Waals surface area contributed by atoms with Gasteiger partial charge in [-0.05, 0) is 23.8 Å². The van der Waals surface area contributed by atoms with E-state index in [-0.39, 0.29) is 17.0 Å². The van der Waals surface area contributed by atoms with Crippen LogP contribution in [0.1, 0.15) is 15.9 Å². The van der Waals surface area contributed by atoms with E-state index in [9.17, 15) is 23.3 Å². The lowest BCUT2D eigenvalue weighted by Crippen LogP contribution is -2.23. The minimum Gasteiger partial charge on any atom is -0.497 e. The number of carbonyl (C=O) groups excluding carboxylic acids is 1. The zero-order chi connectivity index (χ0) is 23.3. The summed E-state index contributed by atoms with van der Waals surface area (Å²) in [5.74, 6) is 0.868. The van der Waals surface area contributed by atoms with Crippen molar-refractivity contribution in [3.63, 3.8) is 0 Å². The first-order chi connectivity index (χ1) is 15.2. The molecule has 1 heterocycles. The predicted octanol–water partition coefficient (Wildman–Crippen LogP) is 3.12. The third-order valence-electron chi connectivity index (χ3n) is 4.31. The normalized spacial score (nSPS) is 10.9. The Morgan fingerprint density at radius 3 is 2.50 bits per heavy atom. The van der Waals surface area contributed by atoms with Crippen molar-refractivity contribution in [1.29, 1.82) is 0 Å². The Balaban J connectivity index is 1.68. The third kappa shape index (κ3) is 5.79. The van der Waals surface area contributed by atoms with Gasteiger partial charge >= 0.3 is 0 Å². The maximum Gasteiger partial charge on any atom is 0.271 e. The number of amides is 1. The molecule has 0 bridgehead atoms. The monoisotopic (exact) mass is 457 g/mol. The van der Waals surface area contributed by atoms with Crippen LogP contribution in [0.5, 0.6) is 17.4 Å². The van der Waals surface area contributed by atoms with E-state index in [0.29, 0.717) is 22.9 Å². The Morgan fingerprint density at radius 1 is 1.12 bits per heavy atom. The Labute approximate surface area is 183 Å². The predicted molar refractivity (Wildman–Crippen MR) is 115 cm³/mol. The summed E-state index contributed by atoms with van der Waals surface area (Å²) in [6.45, 7) is 0.0716. The average molecular weight is 457 g/mol. The van der Waals surface area contributed by atoms with Gasteiger partial charge in [-0.3, -0.25) is 14.9 Å². The summed E-state index contributed by atoms with van der Waals surface area (Å²) < 4.78 is 34.3. The van der Waals surface area contributed by atoms with E-state index in [4.69, 9.17) is 9.47 Å².